The molecule has 0 aliphatic heterocycles. The monoisotopic (exact) mass is 982 g/mol. The van der Waals surface area contributed by atoms with Crippen LogP contribution in [-0.2, 0) is 35.3 Å². The van der Waals surface area contributed by atoms with Crippen molar-refractivity contribution in [3.63, 3.8) is 0 Å². The van der Waals surface area contributed by atoms with E-state index in [4.69, 9.17) is 27.5 Å². The number of benzene rings is 6. The average molecular weight is 983 g/mol. The zero-order valence-corrected chi connectivity index (χ0v) is 39.8. The molecule has 286 valence electrons. The van der Waals surface area contributed by atoms with Crippen molar-refractivity contribution in [2.45, 2.75) is 65.2 Å². The predicted octanol–water partition coefficient (Wildman–Crippen LogP) is 13.6. The molecular weight excluding hydrogens is 933 g/mol. The second-order valence-corrected chi connectivity index (χ2v) is 37.1. The van der Waals surface area contributed by atoms with E-state index < -0.39 is 18.0 Å². The molecule has 0 saturated heterocycles. The fourth-order valence-electron chi connectivity index (χ4n) is 9.44. The van der Waals surface area contributed by atoms with Crippen molar-refractivity contribution in [3.05, 3.63) is 181 Å². The van der Waals surface area contributed by atoms with Gasteiger partial charge in [0.15, 0.2) is 0 Å². The molecule has 0 saturated carbocycles. The van der Waals surface area contributed by atoms with Crippen LogP contribution in [0.5, 0.6) is 0 Å². The Hall–Kier alpha value is -3.30. The van der Waals surface area contributed by atoms with Crippen LogP contribution in [0.15, 0.2) is 149 Å². The van der Waals surface area contributed by atoms with Crippen molar-refractivity contribution in [1.29, 1.82) is 0 Å². The fourth-order valence-corrected chi connectivity index (χ4v) is 33.2. The molecule has 0 N–H and O–H groups in total. The number of fused-ring (bicyclic) bond motifs is 3. The van der Waals surface area contributed by atoms with Crippen LogP contribution in [0, 0.1) is 0 Å². The van der Waals surface area contributed by atoms with E-state index in [9.17, 15) is 0 Å². The van der Waals surface area contributed by atoms with Crippen molar-refractivity contribution in [2.75, 3.05) is 0 Å². The summed E-state index contributed by atoms with van der Waals surface area (Å²) in [5.41, 5.74) is 13.1. The number of hydrogen-bond donors (Lipinski definition) is 0. The van der Waals surface area contributed by atoms with Crippen LogP contribution >= 0.6 is 48.0 Å². The molecule has 0 spiro atoms. The van der Waals surface area contributed by atoms with Crippen molar-refractivity contribution in [2.24, 2.45) is 0 Å². The van der Waals surface area contributed by atoms with Gasteiger partial charge in [0.2, 0.25) is 0 Å². The Bertz CT molecular complexity index is 2500. The molecule has 0 heterocycles. The summed E-state index contributed by atoms with van der Waals surface area (Å²) in [6, 6.07) is 47.1. The molecule has 6 aromatic carbocycles. The summed E-state index contributed by atoms with van der Waals surface area (Å²) in [4.78, 5) is 0. The summed E-state index contributed by atoms with van der Waals surface area (Å²) in [5, 5.41) is 1.46. The fraction of sp³-hybridized carbons (Fsp3) is 0.196. The Morgan fingerprint density at radius 2 is 1.07 bits per heavy atom. The summed E-state index contributed by atoms with van der Waals surface area (Å²) in [7, 11) is 0. The van der Waals surface area contributed by atoms with Gasteiger partial charge in [0.1, 0.15) is 0 Å². The van der Waals surface area contributed by atoms with Crippen LogP contribution in [0.25, 0.3) is 33.4 Å². The molecule has 0 atom stereocenters. The maximum atomic E-state index is 6.72. The Balaban J connectivity index is 0.00000266. The van der Waals surface area contributed by atoms with Crippen molar-refractivity contribution >= 4 is 62.2 Å². The van der Waals surface area contributed by atoms with E-state index >= 15 is 0 Å². The topological polar surface area (TPSA) is 0 Å². The second-order valence-electron chi connectivity index (χ2n) is 17.5. The number of hydrogen-bond acceptors (Lipinski definition) is 0. The SMILES string of the molecule is Cl.Cl.[CH2]=[Hf]([C]1=CC=CC1)([c]1ccc(Cl)cc1)([c]1ccc(Cl)cc1)[c]1c2c(cc(C(C)(C)C)c1-c1ccccc1)-c1cc(C(C)(C)C)c(-c3ccccc3)cc1C2. The molecular formula is C51H50Cl4Hf. The van der Waals surface area contributed by atoms with Gasteiger partial charge in [-0.25, -0.2) is 0 Å². The first-order valence-electron chi connectivity index (χ1n) is 19.1. The van der Waals surface area contributed by atoms with Gasteiger partial charge < -0.3 is 0 Å². The molecule has 0 radical (unpaired) electrons. The van der Waals surface area contributed by atoms with Crippen LogP contribution in [0.1, 0.15) is 70.2 Å². The molecule has 5 heteroatoms. The normalized spacial score (nSPS) is 13.7. The summed E-state index contributed by atoms with van der Waals surface area (Å²) in [6.07, 6.45) is 8.64. The van der Waals surface area contributed by atoms with Crippen LogP contribution in [0.3, 0.4) is 0 Å². The van der Waals surface area contributed by atoms with Gasteiger partial charge in [-0.2, -0.15) is 0 Å². The van der Waals surface area contributed by atoms with Crippen LogP contribution in [0.4, 0.5) is 0 Å². The minimum absolute atomic E-state index is 0. The van der Waals surface area contributed by atoms with E-state index in [-0.39, 0.29) is 35.6 Å². The maximum absolute atomic E-state index is 6.72. The van der Waals surface area contributed by atoms with E-state index in [1.54, 1.807) is 0 Å². The van der Waals surface area contributed by atoms with E-state index in [0.29, 0.717) is 0 Å². The molecule has 2 aliphatic carbocycles. The number of allylic oxidation sites excluding steroid dienone is 4. The summed E-state index contributed by atoms with van der Waals surface area (Å²) < 4.78 is 11.3. The second kappa shape index (κ2) is 15.5. The van der Waals surface area contributed by atoms with Crippen LogP contribution in [0.2, 0.25) is 10.0 Å². The third-order valence-electron chi connectivity index (χ3n) is 12.1. The van der Waals surface area contributed by atoms with Gasteiger partial charge in [0.05, 0.1) is 0 Å². The van der Waals surface area contributed by atoms with Gasteiger partial charge >= 0.3 is 335 Å². The standard InChI is InChI=1S/C33H33.2C6H4Cl.C5H5.CH2.2ClH.Hf/c1-32(2,3)30-20-26-24(18-28(30)22-13-9-7-10-14-22)17-25-19-29(23-15-11-8-12-16-23)31(21-27(25)26)33(4,5)6;2*7-6-4-2-1-3-5-6;1-2-4-5-3-1;;;;/h7-16,18,20-21H,17H2,1-6H3;2*2-5H;1-3H,4H2;1H2;2*1H;. The third kappa shape index (κ3) is 6.80. The number of rotatable bonds is 6. The van der Waals surface area contributed by atoms with Gasteiger partial charge in [-0.05, 0) is 0 Å². The molecule has 2 aliphatic rings. The van der Waals surface area contributed by atoms with Crippen molar-refractivity contribution < 1.29 is 18.0 Å². The summed E-state index contributed by atoms with van der Waals surface area (Å²) in [5.74, 6) is 0. The van der Waals surface area contributed by atoms with E-state index in [1.165, 1.54) is 68.9 Å². The zero-order valence-electron chi connectivity index (χ0n) is 33.1. The quantitative estimate of drug-likeness (QED) is 0.146. The van der Waals surface area contributed by atoms with E-state index in [2.05, 4.69) is 187 Å². The van der Waals surface area contributed by atoms with E-state index in [1.807, 2.05) is 0 Å². The molecule has 0 aromatic heterocycles. The predicted molar refractivity (Wildman–Crippen MR) is 248 cm³/mol. The molecule has 56 heavy (non-hydrogen) atoms. The molecule has 8 rings (SSSR count). The number of halogens is 4. The first-order chi connectivity index (χ1) is 25.7. The molecule has 0 unspecified atom stereocenters. The van der Waals surface area contributed by atoms with Crippen LogP contribution in [-0.4, -0.2) is 4.26 Å². The zero-order chi connectivity index (χ0) is 38.1. The van der Waals surface area contributed by atoms with E-state index in [0.717, 1.165) is 22.9 Å². The molecule has 0 bridgehead atoms. The molecule has 6 aromatic rings. The molecule has 0 amide bonds. The summed E-state index contributed by atoms with van der Waals surface area (Å²) in [6.45, 7) is 14.1. The van der Waals surface area contributed by atoms with Gasteiger partial charge in [-0.3, -0.25) is 0 Å². The first-order valence-corrected chi connectivity index (χ1v) is 29.6. The van der Waals surface area contributed by atoms with Crippen LogP contribution < -0.4 is 9.96 Å². The van der Waals surface area contributed by atoms with Gasteiger partial charge in [0.25, 0.3) is 0 Å². The van der Waals surface area contributed by atoms with Gasteiger partial charge in [-0.15, -0.1) is 24.8 Å². The Labute approximate surface area is 357 Å². The minimum atomic E-state index is -5.42. The third-order valence-corrected chi connectivity index (χ3v) is 36.5. The summed E-state index contributed by atoms with van der Waals surface area (Å²) >= 11 is 8.02. The van der Waals surface area contributed by atoms with Crippen molar-refractivity contribution in [3.8, 4) is 33.4 Å². The first kappa shape index (κ1) is 42.3. The average Bonchev–Trinajstić information content (AvgIpc) is 3.83. The van der Waals surface area contributed by atoms with Crippen molar-refractivity contribution in [1.82, 2.24) is 0 Å². The Morgan fingerprint density at radius 3 is 1.55 bits per heavy atom. The molecule has 0 fully saturated rings. The Morgan fingerprint density at radius 1 is 0.571 bits per heavy atom. The van der Waals surface area contributed by atoms with Gasteiger partial charge in [-0.1, -0.05) is 0 Å². The Kier molecular flexibility index (Phi) is 11.7. The molecule has 0 nitrogen and oxygen atoms in total. The van der Waals surface area contributed by atoms with Gasteiger partial charge in [0, 0.05) is 0 Å².